The Morgan fingerprint density at radius 2 is 1.90 bits per heavy atom. The molecule has 0 spiro atoms. The highest BCUT2D eigenvalue weighted by Gasteiger charge is 2.38. The number of ether oxygens (including phenoxy) is 2. The molecule has 0 amide bonds. The Morgan fingerprint density at radius 1 is 1.19 bits per heavy atom. The molecule has 1 aromatic rings. The number of rotatable bonds is 9. The van der Waals surface area contributed by atoms with Gasteiger partial charge in [0, 0.05) is 12.2 Å². The van der Waals surface area contributed by atoms with Gasteiger partial charge in [0.15, 0.2) is 0 Å². The van der Waals surface area contributed by atoms with Crippen LogP contribution in [0.5, 0.6) is 5.75 Å². The first kappa shape index (κ1) is 16.3. The molecule has 2 rings (SSSR count). The first-order valence-electron chi connectivity index (χ1n) is 8.27. The van der Waals surface area contributed by atoms with Crippen LogP contribution in [0.4, 0.5) is 0 Å². The lowest BCUT2D eigenvalue weighted by Gasteiger charge is -2.30. The van der Waals surface area contributed by atoms with Gasteiger partial charge in [0.05, 0.1) is 18.2 Å². The number of likely N-dealkylation sites (N-methyl/N-ethyl adjacent to an activating group) is 1. The van der Waals surface area contributed by atoms with Crippen LogP contribution in [-0.4, -0.2) is 25.4 Å². The largest absolute Gasteiger partial charge is 0.491 e. The number of hydrogen-bond acceptors (Lipinski definition) is 3. The third-order valence-electron chi connectivity index (χ3n) is 3.82. The fourth-order valence-electron chi connectivity index (χ4n) is 2.84. The van der Waals surface area contributed by atoms with Gasteiger partial charge in [-0.1, -0.05) is 25.1 Å². The molecule has 2 atom stereocenters. The maximum Gasteiger partial charge on any atom is 0.124 e. The quantitative estimate of drug-likeness (QED) is 0.747. The second-order valence-electron chi connectivity index (χ2n) is 6.00. The molecular weight excluding hydrogens is 262 g/mol. The SMILES string of the molecule is CCNC(c1ccccc1OC(C)C)C(OCC)C1CC1. The standard InChI is InChI=1S/C18H29NO2/c1-5-19-17(18(20-6-2)14-11-12-14)15-9-7-8-10-16(15)21-13(3)4/h7-10,13-14,17-19H,5-6,11-12H2,1-4H3. The van der Waals surface area contributed by atoms with Gasteiger partial charge in [0.25, 0.3) is 0 Å². The van der Waals surface area contributed by atoms with Gasteiger partial charge < -0.3 is 14.8 Å². The van der Waals surface area contributed by atoms with Gasteiger partial charge in [-0.3, -0.25) is 0 Å². The lowest BCUT2D eigenvalue weighted by Crippen LogP contribution is -2.36. The first-order valence-corrected chi connectivity index (χ1v) is 8.27. The van der Waals surface area contributed by atoms with E-state index in [9.17, 15) is 0 Å². The molecule has 118 valence electrons. The maximum atomic E-state index is 6.08. The van der Waals surface area contributed by atoms with Gasteiger partial charge in [-0.15, -0.1) is 0 Å². The van der Waals surface area contributed by atoms with Crippen LogP contribution in [0.2, 0.25) is 0 Å². The summed E-state index contributed by atoms with van der Waals surface area (Å²) in [4.78, 5) is 0. The van der Waals surface area contributed by atoms with E-state index in [1.165, 1.54) is 18.4 Å². The molecule has 1 saturated carbocycles. The summed E-state index contributed by atoms with van der Waals surface area (Å²) in [5.41, 5.74) is 1.22. The second kappa shape index (κ2) is 7.81. The van der Waals surface area contributed by atoms with Crippen LogP contribution in [0, 0.1) is 5.92 Å². The van der Waals surface area contributed by atoms with Crippen LogP contribution in [0.3, 0.4) is 0 Å². The lowest BCUT2D eigenvalue weighted by atomic mass is 9.96. The molecule has 0 saturated heterocycles. The topological polar surface area (TPSA) is 30.5 Å². The predicted molar refractivity (Wildman–Crippen MR) is 86.8 cm³/mol. The number of hydrogen-bond donors (Lipinski definition) is 1. The average molecular weight is 291 g/mol. The van der Waals surface area contributed by atoms with E-state index in [0.717, 1.165) is 18.9 Å². The summed E-state index contributed by atoms with van der Waals surface area (Å²) >= 11 is 0. The molecule has 0 heterocycles. The highest BCUT2D eigenvalue weighted by atomic mass is 16.5. The third kappa shape index (κ3) is 4.45. The second-order valence-corrected chi connectivity index (χ2v) is 6.00. The van der Waals surface area contributed by atoms with Crippen molar-refractivity contribution in [1.82, 2.24) is 5.32 Å². The van der Waals surface area contributed by atoms with E-state index in [2.05, 4.69) is 51.2 Å². The van der Waals surface area contributed by atoms with Crippen LogP contribution in [0.15, 0.2) is 24.3 Å². The van der Waals surface area contributed by atoms with E-state index in [1.54, 1.807) is 0 Å². The number of para-hydroxylation sites is 1. The predicted octanol–water partition coefficient (Wildman–Crippen LogP) is 3.94. The molecule has 1 N–H and O–H groups in total. The van der Waals surface area contributed by atoms with Crippen molar-refractivity contribution in [3.63, 3.8) is 0 Å². The zero-order chi connectivity index (χ0) is 15.2. The molecule has 0 aromatic heterocycles. The molecule has 2 unspecified atom stereocenters. The Kier molecular flexibility index (Phi) is 6.07. The molecule has 21 heavy (non-hydrogen) atoms. The summed E-state index contributed by atoms with van der Waals surface area (Å²) in [5.74, 6) is 1.66. The first-order chi connectivity index (χ1) is 10.2. The minimum atomic E-state index is 0.180. The zero-order valence-corrected chi connectivity index (χ0v) is 13.8. The molecule has 0 bridgehead atoms. The molecule has 3 nitrogen and oxygen atoms in total. The van der Waals surface area contributed by atoms with Gasteiger partial charge >= 0.3 is 0 Å². The number of nitrogens with one attached hydrogen (secondary N) is 1. The minimum Gasteiger partial charge on any atom is -0.491 e. The molecular formula is C18H29NO2. The van der Waals surface area contributed by atoms with Crippen molar-refractivity contribution < 1.29 is 9.47 Å². The Bertz CT molecular complexity index is 429. The fourth-order valence-corrected chi connectivity index (χ4v) is 2.84. The molecule has 0 radical (unpaired) electrons. The van der Waals surface area contributed by atoms with Crippen LogP contribution in [-0.2, 0) is 4.74 Å². The van der Waals surface area contributed by atoms with Crippen LogP contribution < -0.4 is 10.1 Å². The summed E-state index contributed by atoms with van der Waals surface area (Å²) in [6, 6.07) is 8.56. The maximum absolute atomic E-state index is 6.08. The summed E-state index contributed by atoms with van der Waals surface area (Å²) in [6.07, 6.45) is 2.98. The Morgan fingerprint density at radius 3 is 2.48 bits per heavy atom. The van der Waals surface area contributed by atoms with Crippen molar-refractivity contribution in [3.05, 3.63) is 29.8 Å². The monoisotopic (exact) mass is 291 g/mol. The Balaban J connectivity index is 2.27. The van der Waals surface area contributed by atoms with Crippen LogP contribution in [0.1, 0.15) is 52.1 Å². The average Bonchev–Trinajstić information content (AvgIpc) is 3.27. The Hall–Kier alpha value is -1.06. The van der Waals surface area contributed by atoms with Crippen molar-refractivity contribution in [2.75, 3.05) is 13.2 Å². The van der Waals surface area contributed by atoms with Crippen molar-refractivity contribution in [2.24, 2.45) is 5.92 Å². The van der Waals surface area contributed by atoms with E-state index >= 15 is 0 Å². The van der Waals surface area contributed by atoms with Crippen molar-refractivity contribution >= 4 is 0 Å². The van der Waals surface area contributed by atoms with Crippen LogP contribution in [0.25, 0.3) is 0 Å². The zero-order valence-electron chi connectivity index (χ0n) is 13.8. The number of benzene rings is 1. The van der Waals surface area contributed by atoms with Crippen LogP contribution >= 0.6 is 0 Å². The highest BCUT2D eigenvalue weighted by molar-refractivity contribution is 5.37. The van der Waals surface area contributed by atoms with Crippen molar-refractivity contribution in [3.8, 4) is 5.75 Å². The Labute approximate surface area is 129 Å². The normalized spacial score (nSPS) is 17.8. The summed E-state index contributed by atoms with van der Waals surface area (Å²) in [7, 11) is 0. The van der Waals surface area contributed by atoms with Crippen molar-refractivity contribution in [1.29, 1.82) is 0 Å². The molecule has 3 heteroatoms. The molecule has 0 aliphatic heterocycles. The van der Waals surface area contributed by atoms with E-state index < -0.39 is 0 Å². The molecule has 1 aliphatic carbocycles. The molecule has 1 fully saturated rings. The van der Waals surface area contributed by atoms with E-state index in [4.69, 9.17) is 9.47 Å². The lowest BCUT2D eigenvalue weighted by molar-refractivity contribution is 0.0180. The summed E-state index contributed by atoms with van der Waals surface area (Å²) in [5, 5.41) is 3.61. The third-order valence-corrected chi connectivity index (χ3v) is 3.82. The smallest absolute Gasteiger partial charge is 0.124 e. The summed E-state index contributed by atoms with van der Waals surface area (Å²) in [6.45, 7) is 10.1. The van der Waals surface area contributed by atoms with Gasteiger partial charge in [0.2, 0.25) is 0 Å². The minimum absolute atomic E-state index is 0.180. The fraction of sp³-hybridized carbons (Fsp3) is 0.667. The highest BCUT2D eigenvalue weighted by Crippen LogP contribution is 2.42. The van der Waals surface area contributed by atoms with E-state index in [0.29, 0.717) is 5.92 Å². The van der Waals surface area contributed by atoms with Gasteiger partial charge in [-0.25, -0.2) is 0 Å². The van der Waals surface area contributed by atoms with Gasteiger partial charge in [-0.05, 0) is 52.1 Å². The van der Waals surface area contributed by atoms with Gasteiger partial charge in [-0.2, -0.15) is 0 Å². The summed E-state index contributed by atoms with van der Waals surface area (Å²) < 4.78 is 12.1. The molecule has 1 aromatic carbocycles. The van der Waals surface area contributed by atoms with E-state index in [-0.39, 0.29) is 18.2 Å². The van der Waals surface area contributed by atoms with Gasteiger partial charge in [0.1, 0.15) is 5.75 Å². The van der Waals surface area contributed by atoms with Crippen molar-refractivity contribution in [2.45, 2.75) is 58.8 Å². The molecule has 1 aliphatic rings. The van der Waals surface area contributed by atoms with E-state index in [1.807, 2.05) is 6.07 Å².